The Kier molecular flexibility index (Phi) is 9.53. The number of rotatable bonds is 7. The molecule has 0 N–H and O–H groups in total. The van der Waals surface area contributed by atoms with Crippen LogP contribution in [0.3, 0.4) is 0 Å². The zero-order chi connectivity index (χ0) is 33.5. The van der Waals surface area contributed by atoms with E-state index in [1.807, 2.05) is 0 Å². The van der Waals surface area contributed by atoms with E-state index in [1.54, 1.807) is 0 Å². The number of fused-ring (bicyclic) bond motifs is 5. The van der Waals surface area contributed by atoms with Crippen LogP contribution in [-0.4, -0.2) is 24.3 Å². The first-order valence-corrected chi connectivity index (χ1v) is 19.3. The third kappa shape index (κ3) is 5.76. The maximum absolute atomic E-state index is 14.2. The van der Waals surface area contributed by atoms with Crippen LogP contribution in [0, 0.1) is 74.4 Å². The molecule has 5 rings (SSSR count). The van der Waals surface area contributed by atoms with Crippen molar-refractivity contribution in [2.45, 2.75) is 173 Å². The number of hydrogen-bond donors (Lipinski definition) is 0. The summed E-state index contributed by atoms with van der Waals surface area (Å²) >= 11 is 0. The van der Waals surface area contributed by atoms with Crippen LogP contribution in [0.4, 0.5) is 0 Å². The highest BCUT2D eigenvalue weighted by Gasteiger charge is 2.67. The fraction of sp³-hybridized carbons (Fsp3) is 0.929. The predicted octanol–water partition coefficient (Wildman–Crippen LogP) is 11.3. The van der Waals surface area contributed by atoms with Gasteiger partial charge in [0.1, 0.15) is 0 Å². The van der Waals surface area contributed by atoms with Crippen LogP contribution in [0.2, 0.25) is 0 Å². The van der Waals surface area contributed by atoms with Crippen LogP contribution < -0.4 is 0 Å². The molecule has 3 saturated carbocycles. The average molecular weight is 625 g/mol. The molecule has 4 fully saturated rings. The standard InChI is InChI=1S/C42H72O3/c1-15-34-28(5)27(4)29(6)37(44-34)45-35-24-40(12)30-17-20-42(14)36(39(10,11)26(3)16-19-38(7,8)9)18-21-41(42,13)31(30)23-33(43)32(40)22-25(35)2/h23,25-30,32,34-37H,15-22,24H2,1-14H3/t25-,26-,27?,28?,29?,30?,32+,34?,35+,36-,37?,40-,41+,42-/m1/s1. The summed E-state index contributed by atoms with van der Waals surface area (Å²) in [6.07, 6.45) is 13.0. The predicted molar refractivity (Wildman–Crippen MR) is 188 cm³/mol. The van der Waals surface area contributed by atoms with Gasteiger partial charge in [-0.15, -0.1) is 0 Å². The van der Waals surface area contributed by atoms with Crippen molar-refractivity contribution in [3.63, 3.8) is 0 Å². The second kappa shape index (κ2) is 12.0. The van der Waals surface area contributed by atoms with Crippen LogP contribution in [0.5, 0.6) is 0 Å². The normalized spacial score (nSPS) is 47.9. The molecule has 3 heteroatoms. The van der Waals surface area contributed by atoms with Gasteiger partial charge in [-0.1, -0.05) is 103 Å². The largest absolute Gasteiger partial charge is 0.349 e. The van der Waals surface area contributed by atoms with E-state index < -0.39 is 0 Å². The molecular formula is C42H72O3. The second-order valence-corrected chi connectivity index (χ2v) is 19.9. The van der Waals surface area contributed by atoms with Crippen LogP contribution in [-0.2, 0) is 14.3 Å². The second-order valence-electron chi connectivity index (χ2n) is 19.9. The highest BCUT2D eigenvalue weighted by molar-refractivity contribution is 5.94. The number of carbonyl (C=O) groups excluding carboxylic acids is 1. The van der Waals surface area contributed by atoms with Crippen molar-refractivity contribution < 1.29 is 14.3 Å². The van der Waals surface area contributed by atoms with Gasteiger partial charge >= 0.3 is 0 Å². The number of allylic oxidation sites excluding steroid dienone is 2. The molecule has 4 aliphatic carbocycles. The Morgan fingerprint density at radius 3 is 2.24 bits per heavy atom. The van der Waals surface area contributed by atoms with Crippen molar-refractivity contribution in [1.29, 1.82) is 0 Å². The minimum absolute atomic E-state index is 0.0444. The summed E-state index contributed by atoms with van der Waals surface area (Å²) in [6, 6.07) is 0. The molecule has 0 amide bonds. The molecule has 0 spiro atoms. The first kappa shape index (κ1) is 35.6. The lowest BCUT2D eigenvalue weighted by atomic mass is 9.42. The molecular weight excluding hydrogens is 552 g/mol. The maximum Gasteiger partial charge on any atom is 0.161 e. The number of ketones is 1. The fourth-order valence-corrected chi connectivity index (χ4v) is 11.9. The van der Waals surface area contributed by atoms with Crippen molar-refractivity contribution in [3.05, 3.63) is 11.6 Å². The molecule has 3 nitrogen and oxygen atoms in total. The molecule has 258 valence electrons. The summed E-state index contributed by atoms with van der Waals surface area (Å²) in [5, 5.41) is 0. The highest BCUT2D eigenvalue weighted by atomic mass is 16.7. The Bertz CT molecular complexity index is 1130. The number of hydrogen-bond acceptors (Lipinski definition) is 3. The summed E-state index contributed by atoms with van der Waals surface area (Å²) < 4.78 is 13.7. The maximum atomic E-state index is 14.2. The minimum Gasteiger partial charge on any atom is -0.349 e. The summed E-state index contributed by atoms with van der Waals surface area (Å²) in [5.41, 5.74) is 2.44. The third-order valence-electron chi connectivity index (χ3n) is 16.2. The van der Waals surface area contributed by atoms with E-state index in [4.69, 9.17) is 9.47 Å². The first-order chi connectivity index (χ1) is 20.7. The van der Waals surface area contributed by atoms with E-state index in [0.717, 1.165) is 19.3 Å². The van der Waals surface area contributed by atoms with E-state index in [9.17, 15) is 4.79 Å². The molecule has 0 aromatic rings. The Morgan fingerprint density at radius 1 is 0.956 bits per heavy atom. The molecule has 14 atom stereocenters. The molecule has 1 saturated heterocycles. The number of carbonyl (C=O) groups is 1. The lowest BCUT2D eigenvalue weighted by molar-refractivity contribution is -0.279. The summed E-state index contributed by atoms with van der Waals surface area (Å²) in [4.78, 5) is 14.2. The average Bonchev–Trinajstić information content (AvgIpc) is 3.24. The molecule has 0 radical (unpaired) electrons. The summed E-state index contributed by atoms with van der Waals surface area (Å²) in [6.45, 7) is 34.2. The summed E-state index contributed by atoms with van der Waals surface area (Å²) in [7, 11) is 0. The SMILES string of the molecule is CCC1OC(O[C@H]2C[C@]3(C)C4CC[C@]5(C)[C@@H](C(C)(C)[C@H](C)CCC(C)(C)C)CC[C@@]5(C)C4=CC(=O)[C@@H]3C[C@H]2C)C(C)C(C)C1C. The fourth-order valence-electron chi connectivity index (χ4n) is 11.9. The van der Waals surface area contributed by atoms with Gasteiger partial charge in [0.25, 0.3) is 0 Å². The topological polar surface area (TPSA) is 35.5 Å². The molecule has 0 bridgehead atoms. The minimum atomic E-state index is -0.145. The van der Waals surface area contributed by atoms with Crippen LogP contribution in [0.15, 0.2) is 11.6 Å². The molecule has 1 heterocycles. The van der Waals surface area contributed by atoms with Gasteiger partial charge < -0.3 is 9.47 Å². The molecule has 6 unspecified atom stereocenters. The first-order valence-electron chi connectivity index (χ1n) is 19.3. The quantitative estimate of drug-likeness (QED) is 0.283. The zero-order valence-corrected chi connectivity index (χ0v) is 32.0. The van der Waals surface area contributed by atoms with Gasteiger partial charge in [0.05, 0.1) is 12.2 Å². The van der Waals surface area contributed by atoms with Crippen molar-refractivity contribution in [1.82, 2.24) is 0 Å². The Balaban J connectivity index is 1.40. The van der Waals surface area contributed by atoms with E-state index in [0.29, 0.717) is 52.6 Å². The Morgan fingerprint density at radius 2 is 1.62 bits per heavy atom. The monoisotopic (exact) mass is 625 g/mol. The van der Waals surface area contributed by atoms with E-state index in [2.05, 4.69) is 103 Å². The Labute approximate surface area is 278 Å². The summed E-state index contributed by atoms with van der Waals surface area (Å²) in [5.74, 6) is 4.24. The third-order valence-corrected chi connectivity index (χ3v) is 16.2. The van der Waals surface area contributed by atoms with Crippen molar-refractivity contribution in [2.24, 2.45) is 74.4 Å². The van der Waals surface area contributed by atoms with Gasteiger partial charge in [0.2, 0.25) is 0 Å². The van der Waals surface area contributed by atoms with Crippen LogP contribution in [0.1, 0.15) is 155 Å². The van der Waals surface area contributed by atoms with Gasteiger partial charge in [-0.25, -0.2) is 0 Å². The zero-order valence-electron chi connectivity index (χ0n) is 32.0. The van der Waals surface area contributed by atoms with Gasteiger partial charge in [0.15, 0.2) is 12.1 Å². The van der Waals surface area contributed by atoms with Gasteiger partial charge in [-0.05, 0) is 126 Å². The van der Waals surface area contributed by atoms with Gasteiger partial charge in [-0.3, -0.25) is 4.79 Å². The van der Waals surface area contributed by atoms with E-state index in [-0.39, 0.29) is 46.1 Å². The van der Waals surface area contributed by atoms with E-state index >= 15 is 0 Å². The van der Waals surface area contributed by atoms with Gasteiger partial charge in [0, 0.05) is 11.8 Å². The molecule has 5 aliphatic rings. The smallest absolute Gasteiger partial charge is 0.161 e. The molecule has 0 aromatic heterocycles. The van der Waals surface area contributed by atoms with Gasteiger partial charge in [-0.2, -0.15) is 0 Å². The lowest BCUT2D eigenvalue weighted by Gasteiger charge is -2.62. The van der Waals surface area contributed by atoms with E-state index in [1.165, 1.54) is 44.1 Å². The molecule has 45 heavy (non-hydrogen) atoms. The highest BCUT2D eigenvalue weighted by Crippen LogP contribution is 2.74. The van der Waals surface area contributed by atoms with Crippen molar-refractivity contribution in [3.8, 4) is 0 Å². The molecule has 0 aromatic carbocycles. The lowest BCUT2D eigenvalue weighted by Crippen LogP contribution is -2.58. The van der Waals surface area contributed by atoms with Crippen LogP contribution >= 0.6 is 0 Å². The van der Waals surface area contributed by atoms with Crippen molar-refractivity contribution >= 4 is 5.78 Å². The Hall–Kier alpha value is -0.670. The number of ether oxygens (including phenoxy) is 2. The van der Waals surface area contributed by atoms with Crippen molar-refractivity contribution in [2.75, 3.05) is 0 Å². The van der Waals surface area contributed by atoms with Crippen LogP contribution in [0.25, 0.3) is 0 Å². The molecule has 1 aliphatic heterocycles.